The van der Waals surface area contributed by atoms with Gasteiger partial charge in [-0.2, -0.15) is 0 Å². The SMILES string of the molecule is O=CNc1cccc(C2SC(=O)NC2=O)c1. The molecule has 0 radical (unpaired) electrons. The zero-order valence-corrected chi connectivity index (χ0v) is 8.91. The number of anilines is 1. The van der Waals surface area contributed by atoms with Gasteiger partial charge in [0, 0.05) is 5.69 Å². The van der Waals surface area contributed by atoms with Crippen molar-refractivity contribution >= 4 is 35.0 Å². The van der Waals surface area contributed by atoms with Crippen molar-refractivity contribution in [3.63, 3.8) is 0 Å². The third-order valence-electron chi connectivity index (χ3n) is 2.10. The number of thioether (sulfide) groups is 1. The number of hydrogen-bond donors (Lipinski definition) is 2. The molecule has 2 rings (SSSR count). The van der Waals surface area contributed by atoms with Gasteiger partial charge in [0.15, 0.2) is 0 Å². The third kappa shape index (κ3) is 2.06. The second-order valence-electron chi connectivity index (χ2n) is 3.16. The van der Waals surface area contributed by atoms with E-state index in [1.165, 1.54) is 0 Å². The van der Waals surface area contributed by atoms with E-state index in [-0.39, 0.29) is 11.1 Å². The number of benzene rings is 1. The Morgan fingerprint density at radius 3 is 2.81 bits per heavy atom. The number of imide groups is 1. The Bertz CT molecular complexity index is 461. The molecule has 0 aliphatic carbocycles. The van der Waals surface area contributed by atoms with E-state index in [0.29, 0.717) is 17.7 Å². The van der Waals surface area contributed by atoms with Crippen molar-refractivity contribution < 1.29 is 14.4 Å². The van der Waals surface area contributed by atoms with E-state index in [2.05, 4.69) is 10.6 Å². The molecule has 1 aliphatic heterocycles. The Balaban J connectivity index is 2.26. The smallest absolute Gasteiger partial charge is 0.286 e. The lowest BCUT2D eigenvalue weighted by Crippen LogP contribution is -2.20. The Morgan fingerprint density at radius 1 is 1.38 bits per heavy atom. The largest absolute Gasteiger partial charge is 0.329 e. The maximum atomic E-state index is 11.4. The topological polar surface area (TPSA) is 75.3 Å². The van der Waals surface area contributed by atoms with Crippen molar-refractivity contribution in [3.8, 4) is 0 Å². The van der Waals surface area contributed by atoms with Gasteiger partial charge in [0.05, 0.1) is 0 Å². The van der Waals surface area contributed by atoms with Crippen LogP contribution >= 0.6 is 11.8 Å². The van der Waals surface area contributed by atoms with E-state index in [1.807, 2.05) is 0 Å². The van der Waals surface area contributed by atoms with E-state index >= 15 is 0 Å². The van der Waals surface area contributed by atoms with Gasteiger partial charge < -0.3 is 5.32 Å². The van der Waals surface area contributed by atoms with Crippen LogP contribution in [0.15, 0.2) is 24.3 Å². The van der Waals surface area contributed by atoms with Gasteiger partial charge in [0.1, 0.15) is 5.25 Å². The fourth-order valence-electron chi connectivity index (χ4n) is 1.44. The van der Waals surface area contributed by atoms with Crippen LogP contribution < -0.4 is 10.6 Å². The van der Waals surface area contributed by atoms with E-state index in [4.69, 9.17) is 0 Å². The maximum absolute atomic E-state index is 11.4. The zero-order chi connectivity index (χ0) is 11.5. The molecule has 82 valence electrons. The van der Waals surface area contributed by atoms with Crippen LogP contribution in [0.5, 0.6) is 0 Å². The summed E-state index contributed by atoms with van der Waals surface area (Å²) >= 11 is 0.938. The molecule has 16 heavy (non-hydrogen) atoms. The van der Waals surface area contributed by atoms with Crippen LogP contribution in [0, 0.1) is 0 Å². The number of carbonyl (C=O) groups is 3. The summed E-state index contributed by atoms with van der Waals surface area (Å²) in [5, 5.41) is 3.83. The molecule has 0 saturated carbocycles. The molecule has 1 aliphatic rings. The highest BCUT2D eigenvalue weighted by atomic mass is 32.2. The van der Waals surface area contributed by atoms with Gasteiger partial charge in [0.2, 0.25) is 12.3 Å². The Hall–Kier alpha value is -1.82. The molecule has 0 spiro atoms. The number of carbonyl (C=O) groups excluding carboxylic acids is 3. The summed E-state index contributed by atoms with van der Waals surface area (Å²) in [6.45, 7) is 0. The molecule has 6 heteroatoms. The minimum Gasteiger partial charge on any atom is -0.329 e. The predicted molar refractivity (Wildman–Crippen MR) is 60.0 cm³/mol. The van der Waals surface area contributed by atoms with Gasteiger partial charge in [-0.05, 0) is 29.5 Å². The zero-order valence-electron chi connectivity index (χ0n) is 8.10. The molecule has 1 heterocycles. The summed E-state index contributed by atoms with van der Waals surface area (Å²) in [5.74, 6) is -0.321. The second kappa shape index (κ2) is 4.36. The quantitative estimate of drug-likeness (QED) is 0.775. The molecule has 0 bridgehead atoms. The van der Waals surface area contributed by atoms with Crippen LogP contribution in [0.2, 0.25) is 0 Å². The maximum Gasteiger partial charge on any atom is 0.286 e. The summed E-state index contributed by atoms with van der Waals surface area (Å²) in [7, 11) is 0. The lowest BCUT2D eigenvalue weighted by atomic mass is 10.1. The minimum absolute atomic E-state index is 0.321. The summed E-state index contributed by atoms with van der Waals surface area (Å²) in [4.78, 5) is 32.7. The molecule has 1 unspecified atom stereocenters. The first-order chi connectivity index (χ1) is 7.70. The van der Waals surface area contributed by atoms with Crippen molar-refractivity contribution in [2.24, 2.45) is 0 Å². The van der Waals surface area contributed by atoms with Crippen LogP contribution in [0.1, 0.15) is 10.8 Å². The molecular formula is C10H8N2O3S. The van der Waals surface area contributed by atoms with Crippen molar-refractivity contribution in [1.29, 1.82) is 0 Å². The molecule has 0 aromatic heterocycles. The lowest BCUT2D eigenvalue weighted by molar-refractivity contribution is -0.119. The van der Waals surface area contributed by atoms with E-state index < -0.39 is 5.25 Å². The first-order valence-electron chi connectivity index (χ1n) is 4.52. The van der Waals surface area contributed by atoms with Crippen LogP contribution in [0.25, 0.3) is 0 Å². The highest BCUT2D eigenvalue weighted by Gasteiger charge is 2.32. The summed E-state index contributed by atoms with van der Waals surface area (Å²) in [5.41, 5.74) is 1.29. The number of rotatable bonds is 3. The van der Waals surface area contributed by atoms with Crippen molar-refractivity contribution in [1.82, 2.24) is 5.32 Å². The van der Waals surface area contributed by atoms with Crippen molar-refractivity contribution in [3.05, 3.63) is 29.8 Å². The lowest BCUT2D eigenvalue weighted by Gasteiger charge is -2.07. The van der Waals surface area contributed by atoms with Gasteiger partial charge in [-0.15, -0.1) is 0 Å². The monoisotopic (exact) mass is 236 g/mol. The van der Waals surface area contributed by atoms with Gasteiger partial charge >= 0.3 is 0 Å². The predicted octanol–water partition coefficient (Wildman–Crippen LogP) is 1.28. The average molecular weight is 236 g/mol. The molecule has 2 N–H and O–H groups in total. The van der Waals surface area contributed by atoms with E-state index in [9.17, 15) is 14.4 Å². The molecule has 1 aromatic rings. The van der Waals surface area contributed by atoms with Gasteiger partial charge in [-0.3, -0.25) is 19.7 Å². The molecule has 5 nitrogen and oxygen atoms in total. The fourth-order valence-corrected chi connectivity index (χ4v) is 2.26. The van der Waals surface area contributed by atoms with E-state index in [0.717, 1.165) is 11.8 Å². The van der Waals surface area contributed by atoms with Crippen LogP contribution in [0.4, 0.5) is 10.5 Å². The van der Waals surface area contributed by atoms with Crippen molar-refractivity contribution in [2.45, 2.75) is 5.25 Å². The summed E-state index contributed by atoms with van der Waals surface area (Å²) < 4.78 is 0. The fraction of sp³-hybridized carbons (Fsp3) is 0.100. The average Bonchev–Trinajstić information content (AvgIpc) is 2.59. The van der Waals surface area contributed by atoms with Crippen LogP contribution in [-0.2, 0) is 9.59 Å². The van der Waals surface area contributed by atoms with E-state index in [1.54, 1.807) is 24.3 Å². The first-order valence-corrected chi connectivity index (χ1v) is 5.40. The van der Waals surface area contributed by atoms with Gasteiger partial charge in [-0.1, -0.05) is 12.1 Å². The molecule has 1 saturated heterocycles. The normalized spacial score (nSPS) is 19.4. The Kier molecular flexibility index (Phi) is 2.91. The van der Waals surface area contributed by atoms with Crippen molar-refractivity contribution in [2.75, 3.05) is 5.32 Å². The minimum atomic E-state index is -0.527. The summed E-state index contributed by atoms with van der Waals surface area (Å²) in [6.07, 6.45) is 0.562. The highest BCUT2D eigenvalue weighted by Crippen LogP contribution is 2.34. The standard InChI is InChI=1S/C10H8N2O3S/c13-5-11-7-3-1-2-6(4-7)8-9(14)12-10(15)16-8/h1-5,8H,(H,11,13)(H,12,14,15). The number of nitrogens with one attached hydrogen (secondary N) is 2. The molecule has 1 atom stereocenters. The number of hydrogen-bond acceptors (Lipinski definition) is 4. The molecule has 1 fully saturated rings. The second-order valence-corrected chi connectivity index (χ2v) is 4.24. The van der Waals surface area contributed by atoms with Gasteiger partial charge in [0.25, 0.3) is 5.24 Å². The highest BCUT2D eigenvalue weighted by molar-refractivity contribution is 8.15. The number of amides is 3. The Morgan fingerprint density at radius 2 is 2.19 bits per heavy atom. The third-order valence-corrected chi connectivity index (χ3v) is 3.14. The molecular weight excluding hydrogens is 228 g/mol. The summed E-state index contributed by atoms with van der Waals surface area (Å²) in [6, 6.07) is 6.84. The molecule has 1 aromatic carbocycles. The van der Waals surface area contributed by atoms with Crippen LogP contribution in [-0.4, -0.2) is 17.6 Å². The first kappa shape index (κ1) is 10.7. The van der Waals surface area contributed by atoms with Crippen LogP contribution in [0.3, 0.4) is 0 Å². The van der Waals surface area contributed by atoms with Gasteiger partial charge in [-0.25, -0.2) is 0 Å². The molecule has 3 amide bonds. The Labute approximate surface area is 95.6 Å².